The maximum Gasteiger partial charge on any atom is 0.217 e. The van der Waals surface area contributed by atoms with Gasteiger partial charge >= 0.3 is 0 Å². The first-order chi connectivity index (χ1) is 8.87. The molecule has 7 nitrogen and oxygen atoms in total. The molecule has 7 heteroatoms. The Kier molecular flexibility index (Phi) is 2.88. The highest BCUT2D eigenvalue weighted by Crippen LogP contribution is 2.49. The summed E-state index contributed by atoms with van der Waals surface area (Å²) in [6.07, 6.45) is -1.31. The zero-order valence-electron chi connectivity index (χ0n) is 11.0. The van der Waals surface area contributed by atoms with Gasteiger partial charge in [-0.25, -0.2) is 0 Å². The van der Waals surface area contributed by atoms with Crippen molar-refractivity contribution >= 4 is 5.91 Å². The molecule has 3 rings (SSSR count). The van der Waals surface area contributed by atoms with E-state index in [1.54, 1.807) is 13.8 Å². The van der Waals surface area contributed by atoms with Crippen LogP contribution in [-0.4, -0.2) is 54.1 Å². The number of hydrogen-bond acceptors (Lipinski definition) is 6. The molecule has 0 aromatic heterocycles. The van der Waals surface area contributed by atoms with Gasteiger partial charge in [-0.3, -0.25) is 4.79 Å². The molecular weight excluding hydrogens is 254 g/mol. The van der Waals surface area contributed by atoms with Gasteiger partial charge in [0.05, 0.1) is 19.3 Å². The van der Waals surface area contributed by atoms with Crippen LogP contribution < -0.4 is 5.73 Å². The second-order valence-electron chi connectivity index (χ2n) is 5.88. The highest BCUT2D eigenvalue weighted by molar-refractivity contribution is 5.74. The molecule has 5 atom stereocenters. The lowest BCUT2D eigenvalue weighted by atomic mass is 9.83. The summed E-state index contributed by atoms with van der Waals surface area (Å²) in [6, 6.07) is 0. The number of primary amides is 1. The summed E-state index contributed by atoms with van der Waals surface area (Å²) in [7, 11) is 0. The lowest BCUT2D eigenvalue weighted by Gasteiger charge is -2.41. The Morgan fingerprint density at radius 3 is 2.74 bits per heavy atom. The maximum atomic E-state index is 11.2. The second kappa shape index (κ2) is 4.13. The molecule has 3 aliphatic heterocycles. The van der Waals surface area contributed by atoms with Crippen molar-refractivity contribution < 1.29 is 28.8 Å². The molecule has 0 aromatic carbocycles. The summed E-state index contributed by atoms with van der Waals surface area (Å²) in [6.45, 7) is 3.61. The summed E-state index contributed by atoms with van der Waals surface area (Å²) in [4.78, 5) is 11.2. The molecule has 0 aromatic rings. The predicted molar refractivity (Wildman–Crippen MR) is 61.8 cm³/mol. The Morgan fingerprint density at radius 1 is 1.37 bits per heavy atom. The van der Waals surface area contributed by atoms with Crippen LogP contribution in [0.5, 0.6) is 0 Å². The average Bonchev–Trinajstić information content (AvgIpc) is 2.85. The maximum absolute atomic E-state index is 11.2. The van der Waals surface area contributed by atoms with E-state index in [1.165, 1.54) is 0 Å². The molecule has 2 bridgehead atoms. The van der Waals surface area contributed by atoms with Crippen molar-refractivity contribution in [2.75, 3.05) is 13.2 Å². The van der Waals surface area contributed by atoms with Gasteiger partial charge in [-0.2, -0.15) is 0 Å². The molecule has 3 N–H and O–H groups in total. The normalized spacial score (nSPS) is 47.1. The molecule has 3 aliphatic rings. The fraction of sp³-hybridized carbons (Fsp3) is 0.917. The van der Waals surface area contributed by atoms with Crippen molar-refractivity contribution in [1.82, 2.24) is 0 Å². The summed E-state index contributed by atoms with van der Waals surface area (Å²) >= 11 is 0. The van der Waals surface area contributed by atoms with E-state index in [0.717, 1.165) is 0 Å². The highest BCUT2D eigenvalue weighted by Gasteiger charge is 2.65. The molecule has 3 saturated heterocycles. The molecule has 108 valence electrons. The van der Waals surface area contributed by atoms with Gasteiger partial charge in [0, 0.05) is 12.3 Å². The predicted octanol–water partition coefficient (Wildman–Crippen LogP) is -0.884. The lowest BCUT2D eigenvalue weighted by molar-refractivity contribution is -0.221. The van der Waals surface area contributed by atoms with Gasteiger partial charge in [-0.05, 0) is 13.8 Å². The van der Waals surface area contributed by atoms with Crippen molar-refractivity contribution in [2.24, 2.45) is 11.7 Å². The summed E-state index contributed by atoms with van der Waals surface area (Å²) in [5, 5.41) is 9.62. The number of hydrogen-bond donors (Lipinski definition) is 2. The number of aliphatic hydroxyl groups excluding tert-OH is 1. The van der Waals surface area contributed by atoms with Gasteiger partial charge in [0.15, 0.2) is 12.1 Å². The van der Waals surface area contributed by atoms with Crippen LogP contribution in [0.1, 0.15) is 20.3 Å². The quantitative estimate of drug-likeness (QED) is 0.692. The fourth-order valence-electron chi connectivity index (χ4n) is 3.16. The number of carbonyl (C=O) groups is 1. The third-order valence-corrected chi connectivity index (χ3v) is 3.97. The van der Waals surface area contributed by atoms with Crippen LogP contribution in [-0.2, 0) is 23.7 Å². The summed E-state index contributed by atoms with van der Waals surface area (Å²) in [5.41, 5.74) is 4.37. The van der Waals surface area contributed by atoms with E-state index in [1.807, 2.05) is 0 Å². The summed E-state index contributed by atoms with van der Waals surface area (Å²) < 4.78 is 23.0. The molecule has 0 radical (unpaired) electrons. The number of ether oxygens (including phenoxy) is 4. The van der Waals surface area contributed by atoms with Crippen molar-refractivity contribution in [3.05, 3.63) is 0 Å². The third kappa shape index (κ3) is 1.96. The standard InChI is InChI=1S/C12H19NO6/c1-11(2)17-8-6(3-7(13)15)10-16-5-12(4-14,19-10)9(8)18-11/h6,8-10,14H,3-5H2,1-2H3,(H2,13,15)/t6-,8-,9-,10+,12+/m1/s1. The van der Waals surface area contributed by atoms with Gasteiger partial charge in [0.25, 0.3) is 0 Å². The number of carbonyl (C=O) groups excluding carboxylic acids is 1. The molecule has 3 fully saturated rings. The molecule has 19 heavy (non-hydrogen) atoms. The first kappa shape index (κ1) is 13.3. The number of amides is 1. The lowest BCUT2D eigenvalue weighted by Crippen LogP contribution is -2.59. The average molecular weight is 273 g/mol. The molecule has 0 unspecified atom stereocenters. The van der Waals surface area contributed by atoms with E-state index >= 15 is 0 Å². The van der Waals surface area contributed by atoms with Crippen molar-refractivity contribution in [2.45, 2.75) is 50.2 Å². The van der Waals surface area contributed by atoms with Gasteiger partial charge < -0.3 is 29.8 Å². The Balaban J connectivity index is 1.92. The molecule has 0 aliphatic carbocycles. The SMILES string of the molecule is CC1(C)O[C@@H]2[C@@H](CC(N)=O)[C@H]3OC[C@](CO)(O3)[C@@H]2O1. The van der Waals surface area contributed by atoms with Crippen LogP contribution in [0.4, 0.5) is 0 Å². The zero-order chi connectivity index (χ0) is 13.8. The smallest absolute Gasteiger partial charge is 0.217 e. The minimum atomic E-state index is -0.906. The number of fused-ring (bicyclic) bond motifs is 4. The Bertz CT molecular complexity index is 400. The van der Waals surface area contributed by atoms with Crippen LogP contribution in [0, 0.1) is 5.92 Å². The van der Waals surface area contributed by atoms with Gasteiger partial charge in [-0.1, -0.05) is 0 Å². The van der Waals surface area contributed by atoms with E-state index < -0.39 is 29.7 Å². The van der Waals surface area contributed by atoms with E-state index in [4.69, 9.17) is 24.7 Å². The van der Waals surface area contributed by atoms with E-state index in [-0.39, 0.29) is 31.7 Å². The second-order valence-corrected chi connectivity index (χ2v) is 5.88. The van der Waals surface area contributed by atoms with E-state index in [0.29, 0.717) is 0 Å². The Morgan fingerprint density at radius 2 is 2.11 bits per heavy atom. The zero-order valence-corrected chi connectivity index (χ0v) is 11.0. The van der Waals surface area contributed by atoms with Crippen molar-refractivity contribution in [3.63, 3.8) is 0 Å². The number of aliphatic hydroxyl groups is 1. The van der Waals surface area contributed by atoms with Crippen LogP contribution >= 0.6 is 0 Å². The molecule has 0 saturated carbocycles. The first-order valence-electron chi connectivity index (χ1n) is 6.41. The Hall–Kier alpha value is -0.730. The topological polar surface area (TPSA) is 100 Å². The van der Waals surface area contributed by atoms with Crippen molar-refractivity contribution in [1.29, 1.82) is 0 Å². The highest BCUT2D eigenvalue weighted by atomic mass is 16.8. The summed E-state index contributed by atoms with van der Waals surface area (Å²) in [5.74, 6) is -1.53. The molecule has 0 spiro atoms. The first-order valence-corrected chi connectivity index (χ1v) is 6.41. The number of nitrogens with two attached hydrogens (primary N) is 1. The van der Waals surface area contributed by atoms with Crippen LogP contribution in [0.25, 0.3) is 0 Å². The van der Waals surface area contributed by atoms with Gasteiger partial charge in [0.2, 0.25) is 5.91 Å². The Labute approximate surface area is 110 Å². The minimum Gasteiger partial charge on any atom is -0.393 e. The molecular formula is C12H19NO6. The van der Waals surface area contributed by atoms with Gasteiger partial charge in [-0.15, -0.1) is 0 Å². The van der Waals surface area contributed by atoms with E-state index in [9.17, 15) is 9.90 Å². The monoisotopic (exact) mass is 273 g/mol. The van der Waals surface area contributed by atoms with Crippen LogP contribution in [0.2, 0.25) is 0 Å². The fourth-order valence-corrected chi connectivity index (χ4v) is 3.16. The van der Waals surface area contributed by atoms with Crippen LogP contribution in [0.15, 0.2) is 0 Å². The van der Waals surface area contributed by atoms with Gasteiger partial charge in [0.1, 0.15) is 11.7 Å². The molecule has 1 amide bonds. The largest absolute Gasteiger partial charge is 0.393 e. The molecule has 3 heterocycles. The van der Waals surface area contributed by atoms with Crippen molar-refractivity contribution in [3.8, 4) is 0 Å². The number of rotatable bonds is 3. The van der Waals surface area contributed by atoms with E-state index in [2.05, 4.69) is 0 Å². The van der Waals surface area contributed by atoms with Crippen LogP contribution in [0.3, 0.4) is 0 Å². The third-order valence-electron chi connectivity index (χ3n) is 3.97. The minimum absolute atomic E-state index is 0.104.